The van der Waals surface area contributed by atoms with Gasteiger partial charge in [0.2, 0.25) is 5.91 Å². The average molecular weight is 241 g/mol. The number of nitrogens with two attached hydrogens (primary N) is 1. The number of para-hydroxylation sites is 1. The molecule has 0 saturated heterocycles. The zero-order valence-corrected chi connectivity index (χ0v) is 9.95. The molecular weight excluding hydrogens is 224 g/mol. The van der Waals surface area contributed by atoms with Crippen LogP contribution < -0.4 is 10.6 Å². The van der Waals surface area contributed by atoms with Crippen LogP contribution in [0.25, 0.3) is 0 Å². The molecule has 0 unspecified atom stereocenters. The second-order valence-electron chi connectivity index (χ2n) is 3.99. The third kappa shape index (κ3) is 3.22. The fourth-order valence-electron chi connectivity index (χ4n) is 1.63. The molecule has 0 bridgehead atoms. The van der Waals surface area contributed by atoms with Gasteiger partial charge in [-0.05, 0) is 30.9 Å². The van der Waals surface area contributed by atoms with E-state index in [0.29, 0.717) is 5.92 Å². The molecule has 1 aliphatic rings. The monoisotopic (exact) mass is 240 g/mol. The van der Waals surface area contributed by atoms with Crippen molar-refractivity contribution in [3.63, 3.8) is 0 Å². The zero-order chi connectivity index (χ0) is 10.7. The molecule has 0 radical (unpaired) electrons. The van der Waals surface area contributed by atoms with Crippen LogP contribution in [0.4, 0.5) is 5.69 Å². The molecular formula is C12H17ClN2O. The molecule has 16 heavy (non-hydrogen) atoms. The Balaban J connectivity index is 0.00000128. The summed E-state index contributed by atoms with van der Waals surface area (Å²) in [7, 11) is 0. The van der Waals surface area contributed by atoms with Gasteiger partial charge in [0.25, 0.3) is 0 Å². The van der Waals surface area contributed by atoms with Gasteiger partial charge in [0.1, 0.15) is 0 Å². The standard InChI is InChI=1S/C12H16N2O.ClH/c13-8-12(15)14(9-10-6-7-10)11-4-2-1-3-5-11;/h1-5,10H,6-9,13H2;1H. The minimum atomic E-state index is 0. The molecule has 1 aromatic rings. The van der Waals surface area contributed by atoms with Crippen molar-refractivity contribution >= 4 is 24.0 Å². The predicted molar refractivity (Wildman–Crippen MR) is 67.8 cm³/mol. The first-order valence-electron chi connectivity index (χ1n) is 5.36. The summed E-state index contributed by atoms with van der Waals surface area (Å²) < 4.78 is 0. The number of carbonyl (C=O) groups excluding carboxylic acids is 1. The van der Waals surface area contributed by atoms with E-state index in [0.717, 1.165) is 12.2 Å². The normalized spacial score (nSPS) is 14.1. The van der Waals surface area contributed by atoms with E-state index >= 15 is 0 Å². The summed E-state index contributed by atoms with van der Waals surface area (Å²) in [4.78, 5) is 13.5. The van der Waals surface area contributed by atoms with E-state index in [9.17, 15) is 4.79 Å². The molecule has 3 nitrogen and oxygen atoms in total. The van der Waals surface area contributed by atoms with Crippen molar-refractivity contribution in [2.24, 2.45) is 11.7 Å². The predicted octanol–water partition coefficient (Wildman–Crippen LogP) is 1.81. The van der Waals surface area contributed by atoms with E-state index in [2.05, 4.69) is 0 Å². The molecule has 1 amide bonds. The summed E-state index contributed by atoms with van der Waals surface area (Å²) in [6.07, 6.45) is 2.47. The highest BCUT2D eigenvalue weighted by atomic mass is 35.5. The molecule has 0 spiro atoms. The van der Waals surface area contributed by atoms with Gasteiger partial charge in [-0.25, -0.2) is 0 Å². The van der Waals surface area contributed by atoms with Crippen molar-refractivity contribution in [2.75, 3.05) is 18.0 Å². The first kappa shape index (κ1) is 13.0. The lowest BCUT2D eigenvalue weighted by molar-refractivity contribution is -0.117. The lowest BCUT2D eigenvalue weighted by Crippen LogP contribution is -2.37. The van der Waals surface area contributed by atoms with Crippen LogP contribution in [0.5, 0.6) is 0 Å². The molecule has 1 aliphatic carbocycles. The van der Waals surface area contributed by atoms with E-state index in [1.807, 2.05) is 30.3 Å². The molecule has 1 saturated carbocycles. The van der Waals surface area contributed by atoms with Crippen LogP contribution in [0.3, 0.4) is 0 Å². The Morgan fingerprint density at radius 1 is 1.31 bits per heavy atom. The maximum atomic E-state index is 11.7. The van der Waals surface area contributed by atoms with Crippen LogP contribution in [0.2, 0.25) is 0 Å². The smallest absolute Gasteiger partial charge is 0.240 e. The SMILES string of the molecule is Cl.NCC(=O)N(CC1CC1)c1ccccc1. The molecule has 4 heteroatoms. The lowest BCUT2D eigenvalue weighted by atomic mass is 10.2. The lowest BCUT2D eigenvalue weighted by Gasteiger charge is -2.21. The third-order valence-corrected chi connectivity index (χ3v) is 2.68. The summed E-state index contributed by atoms with van der Waals surface area (Å²) >= 11 is 0. The van der Waals surface area contributed by atoms with Crippen molar-refractivity contribution in [3.05, 3.63) is 30.3 Å². The molecule has 0 heterocycles. The van der Waals surface area contributed by atoms with Gasteiger partial charge in [-0.1, -0.05) is 18.2 Å². The molecule has 1 fully saturated rings. The Morgan fingerprint density at radius 3 is 2.44 bits per heavy atom. The van der Waals surface area contributed by atoms with Gasteiger partial charge < -0.3 is 10.6 Å². The van der Waals surface area contributed by atoms with Crippen LogP contribution in [0, 0.1) is 5.92 Å². The first-order chi connectivity index (χ1) is 7.31. The van der Waals surface area contributed by atoms with Crippen molar-refractivity contribution in [3.8, 4) is 0 Å². The molecule has 0 atom stereocenters. The van der Waals surface area contributed by atoms with Crippen LogP contribution >= 0.6 is 12.4 Å². The Hall–Kier alpha value is -1.06. The number of benzene rings is 1. The van der Waals surface area contributed by atoms with Gasteiger partial charge in [0, 0.05) is 12.2 Å². The Morgan fingerprint density at radius 2 is 1.94 bits per heavy atom. The first-order valence-corrected chi connectivity index (χ1v) is 5.36. The molecule has 88 valence electrons. The molecule has 0 aromatic heterocycles. The second-order valence-corrected chi connectivity index (χ2v) is 3.99. The average Bonchev–Trinajstić information content (AvgIpc) is 3.10. The zero-order valence-electron chi connectivity index (χ0n) is 9.13. The van der Waals surface area contributed by atoms with Crippen molar-refractivity contribution in [1.29, 1.82) is 0 Å². The van der Waals surface area contributed by atoms with Gasteiger partial charge in [0.05, 0.1) is 6.54 Å². The second kappa shape index (κ2) is 5.87. The van der Waals surface area contributed by atoms with Gasteiger partial charge in [0.15, 0.2) is 0 Å². The summed E-state index contributed by atoms with van der Waals surface area (Å²) in [5, 5.41) is 0. The third-order valence-electron chi connectivity index (χ3n) is 2.68. The van der Waals surface area contributed by atoms with Crippen molar-refractivity contribution in [1.82, 2.24) is 0 Å². The summed E-state index contributed by atoms with van der Waals surface area (Å²) in [5.41, 5.74) is 6.37. The Labute approximate surface area is 102 Å². The van der Waals surface area contributed by atoms with Gasteiger partial charge in [-0.3, -0.25) is 4.79 Å². The fraction of sp³-hybridized carbons (Fsp3) is 0.417. The van der Waals surface area contributed by atoms with Crippen LogP contribution in [0.15, 0.2) is 30.3 Å². The topological polar surface area (TPSA) is 46.3 Å². The number of amides is 1. The van der Waals surface area contributed by atoms with Crippen LogP contribution in [-0.2, 0) is 4.79 Å². The van der Waals surface area contributed by atoms with E-state index in [-0.39, 0.29) is 24.9 Å². The number of hydrogen-bond donors (Lipinski definition) is 1. The minimum Gasteiger partial charge on any atom is -0.322 e. The highest BCUT2D eigenvalue weighted by Crippen LogP contribution is 2.31. The van der Waals surface area contributed by atoms with Crippen molar-refractivity contribution < 1.29 is 4.79 Å². The van der Waals surface area contributed by atoms with E-state index in [4.69, 9.17) is 5.73 Å². The Bertz CT molecular complexity index is 338. The Kier molecular flexibility index (Phi) is 4.77. The minimum absolute atomic E-state index is 0. The summed E-state index contributed by atoms with van der Waals surface area (Å²) in [6, 6.07) is 9.75. The number of halogens is 1. The largest absolute Gasteiger partial charge is 0.322 e. The van der Waals surface area contributed by atoms with Crippen LogP contribution in [0.1, 0.15) is 12.8 Å². The van der Waals surface area contributed by atoms with Crippen LogP contribution in [-0.4, -0.2) is 19.0 Å². The van der Waals surface area contributed by atoms with Gasteiger partial charge in [-0.2, -0.15) is 0 Å². The number of rotatable bonds is 4. The number of hydrogen-bond acceptors (Lipinski definition) is 2. The quantitative estimate of drug-likeness (QED) is 0.873. The van der Waals surface area contributed by atoms with E-state index in [1.165, 1.54) is 12.8 Å². The van der Waals surface area contributed by atoms with Gasteiger partial charge in [-0.15, -0.1) is 12.4 Å². The maximum absolute atomic E-state index is 11.7. The van der Waals surface area contributed by atoms with E-state index in [1.54, 1.807) is 4.90 Å². The highest BCUT2D eigenvalue weighted by Gasteiger charge is 2.26. The molecule has 1 aromatic carbocycles. The number of anilines is 1. The fourth-order valence-corrected chi connectivity index (χ4v) is 1.63. The maximum Gasteiger partial charge on any atom is 0.240 e. The van der Waals surface area contributed by atoms with Crippen molar-refractivity contribution in [2.45, 2.75) is 12.8 Å². The van der Waals surface area contributed by atoms with Gasteiger partial charge >= 0.3 is 0 Å². The molecule has 2 N–H and O–H groups in total. The number of carbonyl (C=O) groups is 1. The van der Waals surface area contributed by atoms with E-state index < -0.39 is 0 Å². The molecule has 2 rings (SSSR count). The number of nitrogens with zero attached hydrogens (tertiary/aromatic N) is 1. The summed E-state index contributed by atoms with van der Waals surface area (Å²) in [5.74, 6) is 0.689. The highest BCUT2D eigenvalue weighted by molar-refractivity contribution is 5.94. The summed E-state index contributed by atoms with van der Waals surface area (Å²) in [6.45, 7) is 0.904. The molecule has 0 aliphatic heterocycles.